The minimum absolute atomic E-state index is 0.0369. The van der Waals surface area contributed by atoms with Gasteiger partial charge in [-0.15, -0.1) is 0 Å². The van der Waals surface area contributed by atoms with Crippen LogP contribution in [-0.2, 0) is 9.53 Å². The van der Waals surface area contributed by atoms with Gasteiger partial charge in [0.2, 0.25) is 0 Å². The summed E-state index contributed by atoms with van der Waals surface area (Å²) in [5.41, 5.74) is -0.749. The van der Waals surface area contributed by atoms with E-state index in [0.29, 0.717) is 0 Å². The van der Waals surface area contributed by atoms with Crippen molar-refractivity contribution in [1.29, 1.82) is 0 Å². The molecule has 0 aliphatic rings. The first-order chi connectivity index (χ1) is 13.6. The van der Waals surface area contributed by atoms with E-state index < -0.39 is 33.5 Å². The van der Waals surface area contributed by atoms with Gasteiger partial charge in [0.25, 0.3) is 11.6 Å². The number of esters is 1. The van der Waals surface area contributed by atoms with Crippen LogP contribution in [0.1, 0.15) is 17.3 Å². The van der Waals surface area contributed by atoms with E-state index in [2.05, 4.69) is 5.32 Å². The van der Waals surface area contributed by atoms with Crippen molar-refractivity contribution in [2.75, 3.05) is 12.4 Å². The minimum atomic E-state index is -1.28. The van der Waals surface area contributed by atoms with Crippen molar-refractivity contribution in [3.63, 3.8) is 0 Å². The van der Waals surface area contributed by atoms with E-state index in [0.717, 1.165) is 18.2 Å². The molecule has 0 bridgehead atoms. The number of nitrogens with zero attached hydrogens (tertiary/aromatic N) is 2. The zero-order valence-electron chi connectivity index (χ0n) is 15.1. The van der Waals surface area contributed by atoms with E-state index >= 15 is 0 Å². The maximum Gasteiger partial charge on any atom is 0.339 e. The third-order valence-corrected chi connectivity index (χ3v) is 4.00. The standard InChI is InChI=1S/C17H14ClN3O8/c1-9(16(22)19-13-5-4-11(20(24)25)8-12(13)18)29-17(23)10-3-6-15(28-2)14(7-10)21(26)27/h3-9H,1-2H3,(H,19,22). The minimum Gasteiger partial charge on any atom is -0.490 e. The lowest BCUT2D eigenvalue weighted by Gasteiger charge is -2.14. The number of anilines is 1. The molecule has 0 radical (unpaired) electrons. The van der Waals surface area contributed by atoms with E-state index in [9.17, 15) is 29.8 Å². The second-order valence-electron chi connectivity index (χ2n) is 5.60. The molecule has 0 aliphatic heterocycles. The Morgan fingerprint density at radius 1 is 1.10 bits per heavy atom. The molecule has 0 heterocycles. The first kappa shape index (κ1) is 21.6. The van der Waals surface area contributed by atoms with Gasteiger partial charge in [-0.3, -0.25) is 25.0 Å². The molecule has 0 aliphatic carbocycles. The van der Waals surface area contributed by atoms with E-state index in [1.54, 1.807) is 0 Å². The van der Waals surface area contributed by atoms with E-state index in [4.69, 9.17) is 21.1 Å². The quantitative estimate of drug-likeness (QED) is 0.404. The zero-order chi connectivity index (χ0) is 21.7. The molecule has 1 atom stereocenters. The van der Waals surface area contributed by atoms with Gasteiger partial charge in [-0.1, -0.05) is 11.6 Å². The fraction of sp³-hybridized carbons (Fsp3) is 0.176. The number of nitrogens with one attached hydrogen (secondary N) is 1. The molecular formula is C17H14ClN3O8. The number of methoxy groups -OCH3 is 1. The van der Waals surface area contributed by atoms with Gasteiger partial charge in [0.05, 0.1) is 33.2 Å². The molecule has 12 heteroatoms. The number of benzene rings is 2. The van der Waals surface area contributed by atoms with E-state index in [1.807, 2.05) is 0 Å². The first-order valence-corrected chi connectivity index (χ1v) is 8.30. The maximum atomic E-state index is 12.2. The molecule has 2 rings (SSSR count). The highest BCUT2D eigenvalue weighted by Crippen LogP contribution is 2.28. The molecule has 0 spiro atoms. The number of hydrogen-bond donors (Lipinski definition) is 1. The summed E-state index contributed by atoms with van der Waals surface area (Å²) in [6.45, 7) is 1.28. The lowest BCUT2D eigenvalue weighted by molar-refractivity contribution is -0.385. The summed E-state index contributed by atoms with van der Waals surface area (Å²) in [4.78, 5) is 44.8. The van der Waals surface area contributed by atoms with Crippen molar-refractivity contribution < 1.29 is 28.9 Å². The maximum absolute atomic E-state index is 12.2. The fourth-order valence-electron chi connectivity index (χ4n) is 2.20. The molecular weight excluding hydrogens is 410 g/mol. The molecule has 1 unspecified atom stereocenters. The smallest absolute Gasteiger partial charge is 0.339 e. The summed E-state index contributed by atoms with van der Waals surface area (Å²) < 4.78 is 9.86. The van der Waals surface area contributed by atoms with Crippen LogP contribution in [0, 0.1) is 20.2 Å². The van der Waals surface area contributed by atoms with Crippen LogP contribution >= 0.6 is 11.6 Å². The average molecular weight is 424 g/mol. The van der Waals surface area contributed by atoms with Crippen LogP contribution in [0.3, 0.4) is 0 Å². The Bertz CT molecular complexity index is 995. The molecule has 0 aromatic heterocycles. The Morgan fingerprint density at radius 2 is 1.79 bits per heavy atom. The van der Waals surface area contributed by atoms with Crippen molar-refractivity contribution in [2.24, 2.45) is 0 Å². The van der Waals surface area contributed by atoms with Gasteiger partial charge < -0.3 is 14.8 Å². The van der Waals surface area contributed by atoms with Crippen molar-refractivity contribution >= 4 is 40.5 Å². The number of halogens is 1. The Hall–Kier alpha value is -3.73. The van der Waals surface area contributed by atoms with Gasteiger partial charge >= 0.3 is 11.7 Å². The fourth-order valence-corrected chi connectivity index (χ4v) is 2.42. The third-order valence-electron chi connectivity index (χ3n) is 3.69. The van der Waals surface area contributed by atoms with E-state index in [1.165, 1.54) is 32.2 Å². The summed E-state index contributed by atoms with van der Waals surface area (Å²) in [5, 5.41) is 24.1. The topological polar surface area (TPSA) is 151 Å². The summed E-state index contributed by atoms with van der Waals surface area (Å²) >= 11 is 5.90. The SMILES string of the molecule is COc1ccc(C(=O)OC(C)C(=O)Nc2ccc([N+](=O)[O-])cc2Cl)cc1[N+](=O)[O-]. The number of nitro benzene ring substituents is 2. The summed E-state index contributed by atoms with van der Waals surface area (Å²) in [7, 11) is 1.25. The highest BCUT2D eigenvalue weighted by atomic mass is 35.5. The number of nitro groups is 2. The molecule has 2 aromatic carbocycles. The lowest BCUT2D eigenvalue weighted by atomic mass is 10.2. The Labute approximate surface area is 168 Å². The Kier molecular flexibility index (Phi) is 6.67. The molecule has 11 nitrogen and oxygen atoms in total. The van der Waals surface area contributed by atoms with Gasteiger partial charge in [-0.25, -0.2) is 4.79 Å². The zero-order valence-corrected chi connectivity index (χ0v) is 15.8. The number of carbonyl (C=O) groups is 2. The van der Waals surface area contributed by atoms with Crippen LogP contribution in [0.2, 0.25) is 5.02 Å². The number of non-ortho nitro benzene ring substituents is 1. The van der Waals surface area contributed by atoms with E-state index in [-0.39, 0.29) is 27.7 Å². The van der Waals surface area contributed by atoms with Gasteiger partial charge in [-0.05, 0) is 25.1 Å². The summed E-state index contributed by atoms with van der Waals surface area (Å²) in [5.74, 6) is -1.75. The first-order valence-electron chi connectivity index (χ1n) is 7.92. The van der Waals surface area contributed by atoms with Crippen molar-refractivity contribution in [2.45, 2.75) is 13.0 Å². The second-order valence-corrected chi connectivity index (χ2v) is 6.01. The third kappa shape index (κ3) is 5.17. The molecule has 2 aromatic rings. The van der Waals surface area contributed by atoms with Crippen LogP contribution in [0.25, 0.3) is 0 Å². The van der Waals surface area contributed by atoms with Gasteiger partial charge in [0, 0.05) is 18.2 Å². The molecule has 0 saturated carbocycles. The van der Waals surface area contributed by atoms with Crippen LogP contribution < -0.4 is 10.1 Å². The Morgan fingerprint density at radius 3 is 2.34 bits per heavy atom. The van der Waals surface area contributed by atoms with Gasteiger partial charge in [-0.2, -0.15) is 0 Å². The number of hydrogen-bond acceptors (Lipinski definition) is 8. The number of rotatable bonds is 7. The summed E-state index contributed by atoms with van der Waals surface area (Å²) in [6, 6.07) is 6.90. The lowest BCUT2D eigenvalue weighted by Crippen LogP contribution is -2.30. The van der Waals surface area contributed by atoms with Crippen LogP contribution in [0.4, 0.5) is 17.1 Å². The number of amides is 1. The number of ether oxygens (including phenoxy) is 2. The Balaban J connectivity index is 2.09. The monoisotopic (exact) mass is 423 g/mol. The predicted molar refractivity (Wildman–Crippen MR) is 101 cm³/mol. The second kappa shape index (κ2) is 8.97. The van der Waals surface area contributed by atoms with Crippen LogP contribution in [-0.4, -0.2) is 34.9 Å². The largest absolute Gasteiger partial charge is 0.490 e. The van der Waals surface area contributed by atoms with Crippen molar-refractivity contribution in [3.05, 3.63) is 67.2 Å². The van der Waals surface area contributed by atoms with Crippen molar-refractivity contribution in [3.8, 4) is 5.75 Å². The molecule has 29 heavy (non-hydrogen) atoms. The average Bonchev–Trinajstić information content (AvgIpc) is 2.68. The molecule has 1 amide bonds. The molecule has 0 saturated heterocycles. The molecule has 0 fully saturated rings. The van der Waals surface area contributed by atoms with Crippen LogP contribution in [0.15, 0.2) is 36.4 Å². The highest BCUT2D eigenvalue weighted by molar-refractivity contribution is 6.34. The molecule has 1 N–H and O–H groups in total. The van der Waals surface area contributed by atoms with Crippen molar-refractivity contribution in [1.82, 2.24) is 0 Å². The summed E-state index contributed by atoms with van der Waals surface area (Å²) in [6.07, 6.45) is -1.28. The predicted octanol–water partition coefficient (Wildman–Crippen LogP) is 3.35. The number of carbonyl (C=O) groups excluding carboxylic acids is 2. The normalized spacial score (nSPS) is 11.3. The highest BCUT2D eigenvalue weighted by Gasteiger charge is 2.23. The van der Waals surface area contributed by atoms with Gasteiger partial charge in [0.1, 0.15) is 0 Å². The van der Waals surface area contributed by atoms with Gasteiger partial charge in [0.15, 0.2) is 11.9 Å². The van der Waals surface area contributed by atoms with Crippen LogP contribution in [0.5, 0.6) is 5.75 Å². The molecule has 152 valence electrons.